The number of carboxylic acids is 1. The van der Waals surface area contributed by atoms with Gasteiger partial charge in [-0.25, -0.2) is 0 Å². The SMILES string of the molecule is Cc1c(COc2ccc3c(c2)C(C)N(Cc2cncc(C#N)c2)[C@H](C[C@@H]2N[C@@H]2C(=O)O)C3)cccc1-c1ccccc1. The molecule has 3 aromatic carbocycles. The number of aliphatic carboxylic acids is 1. The molecule has 1 saturated heterocycles. The summed E-state index contributed by atoms with van der Waals surface area (Å²) in [5.74, 6) is 0.0273. The summed E-state index contributed by atoms with van der Waals surface area (Å²) in [5, 5.41) is 21.9. The standard InChI is InChI=1S/C35H34N4O3/c1-22-28(9-6-10-31(22)26-7-4-3-5-8-26)21-42-30-12-11-27-14-29(15-33-34(38-33)35(40)41)39(23(2)32(27)16-30)20-25-13-24(17-36)18-37-19-25/h3-13,16,18-19,23,29,33-34,38H,14-15,20-21H2,1-2H3,(H,40,41)/t23?,29-,33-,34-/m0/s1. The van der Waals surface area contributed by atoms with E-state index in [0.717, 1.165) is 29.7 Å². The minimum absolute atomic E-state index is 0.0372. The Balaban J connectivity index is 1.23. The van der Waals surface area contributed by atoms with Crippen molar-refractivity contribution in [2.75, 3.05) is 0 Å². The van der Waals surface area contributed by atoms with Gasteiger partial charge in [0.1, 0.15) is 24.5 Å². The van der Waals surface area contributed by atoms with E-state index in [0.29, 0.717) is 18.7 Å². The van der Waals surface area contributed by atoms with Crippen LogP contribution in [0.1, 0.15) is 52.8 Å². The Morgan fingerprint density at radius 3 is 2.71 bits per heavy atom. The van der Waals surface area contributed by atoms with Crippen LogP contribution in [0.4, 0.5) is 0 Å². The van der Waals surface area contributed by atoms with Gasteiger partial charge < -0.3 is 9.84 Å². The molecule has 0 saturated carbocycles. The molecule has 212 valence electrons. The number of hydrogen-bond donors (Lipinski definition) is 2. The van der Waals surface area contributed by atoms with Crippen LogP contribution in [0.5, 0.6) is 5.75 Å². The molecule has 2 aliphatic heterocycles. The van der Waals surface area contributed by atoms with Crippen molar-refractivity contribution in [3.8, 4) is 22.9 Å². The lowest BCUT2D eigenvalue weighted by molar-refractivity contribution is -0.136. The molecular weight excluding hydrogens is 524 g/mol. The number of nitrogens with one attached hydrogen (secondary N) is 1. The Bertz CT molecular complexity index is 1650. The van der Waals surface area contributed by atoms with Crippen molar-refractivity contribution in [2.24, 2.45) is 0 Å². The van der Waals surface area contributed by atoms with Crippen LogP contribution in [-0.2, 0) is 24.4 Å². The number of benzene rings is 3. The molecule has 0 aliphatic carbocycles. The molecule has 1 aromatic heterocycles. The molecule has 0 bridgehead atoms. The average Bonchev–Trinajstić information content (AvgIpc) is 3.79. The highest BCUT2D eigenvalue weighted by molar-refractivity contribution is 5.78. The van der Waals surface area contributed by atoms with Crippen molar-refractivity contribution in [3.05, 3.63) is 119 Å². The van der Waals surface area contributed by atoms with Gasteiger partial charge in [-0.1, -0.05) is 54.6 Å². The molecule has 7 nitrogen and oxygen atoms in total. The molecule has 3 heterocycles. The quantitative estimate of drug-likeness (QED) is 0.250. The van der Waals surface area contributed by atoms with Crippen molar-refractivity contribution in [2.45, 2.75) is 64.0 Å². The lowest BCUT2D eigenvalue weighted by Crippen LogP contribution is -2.43. The smallest absolute Gasteiger partial charge is 0.322 e. The maximum Gasteiger partial charge on any atom is 0.322 e. The van der Waals surface area contributed by atoms with Crippen LogP contribution in [0.2, 0.25) is 0 Å². The largest absolute Gasteiger partial charge is 0.489 e. The second kappa shape index (κ2) is 11.8. The zero-order valence-corrected chi connectivity index (χ0v) is 23.8. The number of hydrogen-bond acceptors (Lipinski definition) is 6. The Morgan fingerprint density at radius 1 is 1.12 bits per heavy atom. The third-order valence-electron chi connectivity index (χ3n) is 8.68. The molecule has 4 atom stereocenters. The van der Waals surface area contributed by atoms with E-state index in [9.17, 15) is 15.2 Å². The van der Waals surface area contributed by atoms with Crippen LogP contribution in [-0.4, -0.2) is 39.1 Å². The van der Waals surface area contributed by atoms with Gasteiger partial charge in [-0.15, -0.1) is 0 Å². The number of carbonyl (C=O) groups is 1. The highest BCUT2D eigenvalue weighted by Gasteiger charge is 2.45. The second-order valence-corrected chi connectivity index (χ2v) is 11.3. The Kier molecular flexibility index (Phi) is 7.75. The fourth-order valence-corrected chi connectivity index (χ4v) is 6.28. The average molecular weight is 559 g/mol. The molecule has 0 spiro atoms. The van der Waals surface area contributed by atoms with E-state index in [4.69, 9.17) is 4.74 Å². The zero-order valence-electron chi connectivity index (χ0n) is 23.8. The zero-order chi connectivity index (χ0) is 29.2. The summed E-state index contributed by atoms with van der Waals surface area (Å²) in [6.07, 6.45) is 4.93. The molecule has 1 unspecified atom stereocenters. The first-order valence-electron chi connectivity index (χ1n) is 14.4. The number of nitriles is 1. The predicted octanol–water partition coefficient (Wildman–Crippen LogP) is 5.81. The first-order valence-corrected chi connectivity index (χ1v) is 14.4. The Hall–Kier alpha value is -4.51. The third-order valence-corrected chi connectivity index (χ3v) is 8.68. The molecule has 6 rings (SSSR count). The number of pyridine rings is 1. The van der Waals surface area contributed by atoms with E-state index in [-0.39, 0.29) is 18.1 Å². The minimum atomic E-state index is -0.798. The molecule has 4 aromatic rings. The third kappa shape index (κ3) is 5.78. The van der Waals surface area contributed by atoms with Gasteiger partial charge in [-0.05, 0) is 83.8 Å². The highest BCUT2D eigenvalue weighted by atomic mass is 16.5. The van der Waals surface area contributed by atoms with Crippen LogP contribution < -0.4 is 10.1 Å². The Morgan fingerprint density at radius 2 is 1.95 bits per heavy atom. The first-order chi connectivity index (χ1) is 20.4. The molecule has 2 N–H and O–H groups in total. The van der Waals surface area contributed by atoms with Crippen LogP contribution >= 0.6 is 0 Å². The molecule has 7 heteroatoms. The molecular formula is C35H34N4O3. The normalized spacial score (nSPS) is 21.3. The molecule has 2 aliphatic rings. The summed E-state index contributed by atoms with van der Waals surface area (Å²) in [7, 11) is 0. The number of fused-ring (bicyclic) bond motifs is 1. The highest BCUT2D eigenvalue weighted by Crippen LogP contribution is 2.39. The predicted molar refractivity (Wildman–Crippen MR) is 161 cm³/mol. The van der Waals surface area contributed by atoms with E-state index in [1.54, 1.807) is 12.4 Å². The maximum absolute atomic E-state index is 11.5. The van der Waals surface area contributed by atoms with Gasteiger partial charge in [-0.3, -0.25) is 20.0 Å². The van der Waals surface area contributed by atoms with E-state index >= 15 is 0 Å². The number of rotatable bonds is 9. The lowest BCUT2D eigenvalue weighted by Gasteiger charge is -2.42. The molecule has 0 amide bonds. The molecule has 42 heavy (non-hydrogen) atoms. The van der Waals surface area contributed by atoms with Gasteiger partial charge in [0, 0.05) is 37.1 Å². The number of aromatic nitrogens is 1. The van der Waals surface area contributed by atoms with E-state index in [2.05, 4.69) is 89.7 Å². The summed E-state index contributed by atoms with van der Waals surface area (Å²) in [4.78, 5) is 18.2. The van der Waals surface area contributed by atoms with Crippen LogP contribution in [0.3, 0.4) is 0 Å². The maximum atomic E-state index is 11.5. The van der Waals surface area contributed by atoms with Gasteiger partial charge in [0.15, 0.2) is 0 Å². The van der Waals surface area contributed by atoms with Gasteiger partial charge in [0.25, 0.3) is 0 Å². The van der Waals surface area contributed by atoms with Crippen molar-refractivity contribution < 1.29 is 14.6 Å². The van der Waals surface area contributed by atoms with Crippen molar-refractivity contribution in [1.29, 1.82) is 5.26 Å². The summed E-state index contributed by atoms with van der Waals surface area (Å²) in [6, 6.07) is 26.9. The number of nitrogens with zero attached hydrogens (tertiary/aromatic N) is 3. The summed E-state index contributed by atoms with van der Waals surface area (Å²) < 4.78 is 6.36. The van der Waals surface area contributed by atoms with Gasteiger partial charge in [-0.2, -0.15) is 5.26 Å². The van der Waals surface area contributed by atoms with Gasteiger partial charge in [0.05, 0.1) is 5.56 Å². The van der Waals surface area contributed by atoms with Crippen LogP contribution in [0, 0.1) is 18.3 Å². The number of ether oxygens (including phenoxy) is 1. The van der Waals surface area contributed by atoms with Crippen molar-refractivity contribution in [1.82, 2.24) is 15.2 Å². The molecule has 1 fully saturated rings. The Labute approximate surface area is 246 Å². The van der Waals surface area contributed by atoms with Crippen LogP contribution in [0.25, 0.3) is 11.1 Å². The van der Waals surface area contributed by atoms with Crippen LogP contribution in [0.15, 0.2) is 85.2 Å². The summed E-state index contributed by atoms with van der Waals surface area (Å²) >= 11 is 0. The monoisotopic (exact) mass is 558 g/mol. The van der Waals surface area contributed by atoms with E-state index < -0.39 is 12.0 Å². The minimum Gasteiger partial charge on any atom is -0.489 e. The fraction of sp³-hybridized carbons (Fsp3) is 0.286. The second-order valence-electron chi connectivity index (χ2n) is 11.3. The fourth-order valence-electron chi connectivity index (χ4n) is 6.28. The van der Waals surface area contributed by atoms with E-state index in [1.165, 1.54) is 27.8 Å². The van der Waals surface area contributed by atoms with Crippen molar-refractivity contribution in [3.63, 3.8) is 0 Å². The summed E-state index contributed by atoms with van der Waals surface area (Å²) in [6.45, 7) is 5.43. The molecule has 0 radical (unpaired) electrons. The van der Waals surface area contributed by atoms with Gasteiger partial charge in [0.2, 0.25) is 0 Å². The van der Waals surface area contributed by atoms with Crippen molar-refractivity contribution >= 4 is 5.97 Å². The number of carboxylic acid groups (broad SMARTS) is 1. The van der Waals surface area contributed by atoms with Gasteiger partial charge >= 0.3 is 5.97 Å². The lowest BCUT2D eigenvalue weighted by atomic mass is 9.86. The first kappa shape index (κ1) is 27.6. The topological polar surface area (TPSA) is 108 Å². The summed E-state index contributed by atoms with van der Waals surface area (Å²) in [5.41, 5.74) is 8.74. The van der Waals surface area contributed by atoms with E-state index in [1.807, 2.05) is 18.2 Å².